The largest absolute Gasteiger partial charge is 0.494 e. The number of methoxy groups -OCH3 is 1. The van der Waals surface area contributed by atoms with Crippen molar-refractivity contribution in [1.29, 1.82) is 0 Å². The predicted molar refractivity (Wildman–Crippen MR) is 137 cm³/mol. The number of carbonyl (C=O) groups is 2. The van der Waals surface area contributed by atoms with Crippen LogP contribution in [0.3, 0.4) is 0 Å². The molecular formula is C25H22Cl3N3O3. The Labute approximate surface area is 213 Å². The third-order valence-electron chi connectivity index (χ3n) is 5.61. The number of benzene rings is 3. The van der Waals surface area contributed by atoms with Crippen molar-refractivity contribution >= 4 is 58.0 Å². The van der Waals surface area contributed by atoms with Crippen molar-refractivity contribution in [2.75, 3.05) is 43.5 Å². The van der Waals surface area contributed by atoms with Crippen LogP contribution in [0.5, 0.6) is 5.75 Å². The zero-order chi connectivity index (χ0) is 24.2. The van der Waals surface area contributed by atoms with Crippen LogP contribution in [0.4, 0.5) is 11.4 Å². The highest BCUT2D eigenvalue weighted by Gasteiger charge is 2.22. The van der Waals surface area contributed by atoms with E-state index in [9.17, 15) is 9.59 Å². The average molecular weight is 519 g/mol. The first-order valence-corrected chi connectivity index (χ1v) is 11.7. The second kappa shape index (κ2) is 10.6. The van der Waals surface area contributed by atoms with Crippen molar-refractivity contribution < 1.29 is 14.3 Å². The summed E-state index contributed by atoms with van der Waals surface area (Å²) >= 11 is 18.1. The number of rotatable bonds is 5. The smallest absolute Gasteiger partial charge is 0.259 e. The van der Waals surface area contributed by atoms with Crippen molar-refractivity contribution in [2.24, 2.45) is 0 Å². The first-order valence-electron chi connectivity index (χ1n) is 10.6. The maximum atomic E-state index is 12.8. The van der Waals surface area contributed by atoms with Crippen LogP contribution in [-0.2, 0) is 0 Å². The molecule has 1 saturated heterocycles. The number of carbonyl (C=O) groups excluding carboxylic acids is 2. The summed E-state index contributed by atoms with van der Waals surface area (Å²) in [6.07, 6.45) is 0. The first-order chi connectivity index (χ1) is 16.4. The maximum absolute atomic E-state index is 12.8. The summed E-state index contributed by atoms with van der Waals surface area (Å²) in [4.78, 5) is 29.5. The summed E-state index contributed by atoms with van der Waals surface area (Å²) in [5, 5.41) is 4.07. The quantitative estimate of drug-likeness (QED) is 0.459. The summed E-state index contributed by atoms with van der Waals surface area (Å²) in [6, 6.07) is 17.5. The van der Waals surface area contributed by atoms with Gasteiger partial charge in [0.05, 0.1) is 17.7 Å². The normalized spacial score (nSPS) is 13.5. The number of hydrogen-bond donors (Lipinski definition) is 1. The number of anilines is 2. The molecule has 176 valence electrons. The SMILES string of the molecule is COc1c(Cl)cc(Cl)cc1C(=O)Nc1ccc(N2CCN(C(=O)c3ccc(Cl)cc3)CC2)cc1. The van der Waals surface area contributed by atoms with Crippen LogP contribution in [0.25, 0.3) is 0 Å². The van der Waals surface area contributed by atoms with Crippen LogP contribution in [0, 0.1) is 0 Å². The van der Waals surface area contributed by atoms with Crippen LogP contribution in [0.1, 0.15) is 20.7 Å². The zero-order valence-corrected chi connectivity index (χ0v) is 20.6. The Morgan fingerprint density at radius 2 is 1.50 bits per heavy atom. The van der Waals surface area contributed by atoms with Gasteiger partial charge < -0.3 is 19.9 Å². The van der Waals surface area contributed by atoms with Crippen molar-refractivity contribution in [3.05, 3.63) is 86.9 Å². The fraction of sp³-hybridized carbons (Fsp3) is 0.200. The van der Waals surface area contributed by atoms with E-state index in [1.807, 2.05) is 29.2 Å². The molecule has 1 heterocycles. The summed E-state index contributed by atoms with van der Waals surface area (Å²) < 4.78 is 5.26. The Balaban J connectivity index is 1.37. The molecule has 1 fully saturated rings. The minimum absolute atomic E-state index is 0.00549. The lowest BCUT2D eigenvalue weighted by Gasteiger charge is -2.36. The molecule has 3 aromatic carbocycles. The molecule has 0 radical (unpaired) electrons. The fourth-order valence-electron chi connectivity index (χ4n) is 3.83. The molecule has 0 spiro atoms. The van der Waals surface area contributed by atoms with Gasteiger partial charge in [-0.15, -0.1) is 0 Å². The first kappa shape index (κ1) is 24.2. The number of piperazine rings is 1. The van der Waals surface area contributed by atoms with E-state index in [1.165, 1.54) is 19.2 Å². The third kappa shape index (κ3) is 5.41. The topological polar surface area (TPSA) is 61.9 Å². The molecular weight excluding hydrogens is 497 g/mol. The van der Waals surface area contributed by atoms with Crippen LogP contribution < -0.4 is 15.0 Å². The standard InChI is InChI=1S/C25H22Cl3N3O3/c1-34-23-21(14-18(27)15-22(23)28)24(32)29-19-6-8-20(9-7-19)30-10-12-31(13-11-30)25(33)16-2-4-17(26)5-3-16/h2-9,14-15H,10-13H2,1H3,(H,29,32). The molecule has 2 amide bonds. The van der Waals surface area contributed by atoms with Gasteiger partial charge in [-0.25, -0.2) is 0 Å². The van der Waals surface area contributed by atoms with Gasteiger partial charge in [0.25, 0.3) is 11.8 Å². The number of ether oxygens (including phenoxy) is 1. The van der Waals surface area contributed by atoms with E-state index < -0.39 is 0 Å². The minimum atomic E-state index is -0.372. The van der Waals surface area contributed by atoms with Crippen LogP contribution in [0.2, 0.25) is 15.1 Å². The number of halogens is 3. The third-order valence-corrected chi connectivity index (χ3v) is 6.36. The Bertz CT molecular complexity index is 1190. The lowest BCUT2D eigenvalue weighted by molar-refractivity contribution is 0.0746. The van der Waals surface area contributed by atoms with E-state index in [-0.39, 0.29) is 28.1 Å². The van der Waals surface area contributed by atoms with Crippen molar-refractivity contribution in [3.63, 3.8) is 0 Å². The molecule has 1 aliphatic rings. The van der Waals surface area contributed by atoms with Crippen LogP contribution in [-0.4, -0.2) is 50.0 Å². The molecule has 0 saturated carbocycles. The van der Waals surface area contributed by atoms with E-state index in [4.69, 9.17) is 39.5 Å². The summed E-state index contributed by atoms with van der Waals surface area (Å²) in [6.45, 7) is 2.66. The highest BCUT2D eigenvalue weighted by Crippen LogP contribution is 2.33. The fourth-order valence-corrected chi connectivity index (χ4v) is 4.53. The van der Waals surface area contributed by atoms with Crippen LogP contribution in [0.15, 0.2) is 60.7 Å². The van der Waals surface area contributed by atoms with E-state index in [2.05, 4.69) is 10.2 Å². The maximum Gasteiger partial charge on any atom is 0.259 e. The molecule has 0 unspecified atom stereocenters. The average Bonchev–Trinajstić information content (AvgIpc) is 2.84. The van der Waals surface area contributed by atoms with Gasteiger partial charge in [0, 0.05) is 53.2 Å². The van der Waals surface area contributed by atoms with Crippen molar-refractivity contribution in [1.82, 2.24) is 4.90 Å². The van der Waals surface area contributed by atoms with Gasteiger partial charge in [-0.05, 0) is 60.7 Å². The number of amides is 2. The van der Waals surface area contributed by atoms with Gasteiger partial charge >= 0.3 is 0 Å². The Kier molecular flexibility index (Phi) is 7.51. The Morgan fingerprint density at radius 1 is 0.853 bits per heavy atom. The molecule has 4 rings (SSSR count). The van der Waals surface area contributed by atoms with Crippen molar-refractivity contribution in [2.45, 2.75) is 0 Å². The Hall–Kier alpha value is -2.93. The summed E-state index contributed by atoms with van der Waals surface area (Å²) in [5.41, 5.74) is 2.53. The molecule has 0 bridgehead atoms. The van der Waals surface area contributed by atoms with Crippen molar-refractivity contribution in [3.8, 4) is 5.75 Å². The lowest BCUT2D eigenvalue weighted by atomic mass is 10.1. The molecule has 1 aliphatic heterocycles. The molecule has 0 atom stereocenters. The minimum Gasteiger partial charge on any atom is -0.494 e. The molecule has 0 aliphatic carbocycles. The van der Waals surface area contributed by atoms with Gasteiger partial charge in [0.2, 0.25) is 0 Å². The van der Waals surface area contributed by atoms with Gasteiger partial charge in [-0.3, -0.25) is 9.59 Å². The van der Waals surface area contributed by atoms with Crippen LogP contribution >= 0.6 is 34.8 Å². The van der Waals surface area contributed by atoms with Gasteiger partial charge in [-0.1, -0.05) is 34.8 Å². The highest BCUT2D eigenvalue weighted by molar-refractivity contribution is 6.36. The predicted octanol–water partition coefficient (Wildman–Crippen LogP) is 5.87. The molecule has 1 N–H and O–H groups in total. The second-order valence-electron chi connectivity index (χ2n) is 7.76. The number of hydrogen-bond acceptors (Lipinski definition) is 4. The number of nitrogens with zero attached hydrogens (tertiary/aromatic N) is 2. The molecule has 9 heteroatoms. The van der Waals surface area contributed by atoms with Gasteiger partial charge in [0.1, 0.15) is 5.75 Å². The zero-order valence-electron chi connectivity index (χ0n) is 18.4. The Morgan fingerprint density at radius 3 is 2.12 bits per heavy atom. The van der Waals surface area contributed by atoms with E-state index in [0.717, 1.165) is 5.69 Å². The van der Waals surface area contributed by atoms with Gasteiger partial charge in [-0.2, -0.15) is 0 Å². The highest BCUT2D eigenvalue weighted by atomic mass is 35.5. The van der Waals surface area contributed by atoms with Gasteiger partial charge in [0.15, 0.2) is 0 Å². The van der Waals surface area contributed by atoms with E-state index in [0.29, 0.717) is 47.5 Å². The van der Waals surface area contributed by atoms with E-state index in [1.54, 1.807) is 24.3 Å². The monoisotopic (exact) mass is 517 g/mol. The second-order valence-corrected chi connectivity index (χ2v) is 9.04. The molecule has 3 aromatic rings. The summed E-state index contributed by atoms with van der Waals surface area (Å²) in [7, 11) is 1.45. The summed E-state index contributed by atoms with van der Waals surface area (Å²) in [5.74, 6) is -0.0968. The van der Waals surface area contributed by atoms with E-state index >= 15 is 0 Å². The molecule has 0 aromatic heterocycles. The molecule has 34 heavy (non-hydrogen) atoms. The number of nitrogens with one attached hydrogen (secondary N) is 1. The lowest BCUT2D eigenvalue weighted by Crippen LogP contribution is -2.48. The molecule has 6 nitrogen and oxygen atoms in total.